The van der Waals surface area contributed by atoms with Gasteiger partial charge in [0.25, 0.3) is 26.0 Å². The highest BCUT2D eigenvalue weighted by molar-refractivity contribution is 7.98. The van der Waals surface area contributed by atoms with Gasteiger partial charge in [-0.1, -0.05) is 11.6 Å². The van der Waals surface area contributed by atoms with Crippen LogP contribution in [0.2, 0.25) is 5.02 Å². The molecule has 40 heavy (non-hydrogen) atoms. The van der Waals surface area contributed by atoms with Gasteiger partial charge in [0, 0.05) is 29.4 Å². The van der Waals surface area contributed by atoms with Gasteiger partial charge in [0.05, 0.1) is 25.9 Å². The van der Waals surface area contributed by atoms with E-state index in [2.05, 4.69) is 9.44 Å². The molecule has 1 aliphatic rings. The molecule has 2 N–H and O–H groups in total. The van der Waals surface area contributed by atoms with Crippen molar-refractivity contribution in [2.24, 2.45) is 0 Å². The second kappa shape index (κ2) is 11.5. The molecule has 3 aromatic carbocycles. The van der Waals surface area contributed by atoms with E-state index in [0.717, 1.165) is 37.1 Å². The van der Waals surface area contributed by atoms with E-state index in [0.29, 0.717) is 24.1 Å². The molecule has 0 spiro atoms. The predicted octanol–water partition coefficient (Wildman–Crippen LogP) is 5.92. The summed E-state index contributed by atoms with van der Waals surface area (Å²) in [6.45, 7) is 1.21. The number of nitrogens with zero attached hydrogens (tertiary/aromatic N) is 1. The number of sulfonamides is 2. The Hall–Kier alpha value is -2.94. The summed E-state index contributed by atoms with van der Waals surface area (Å²) < 4.78 is 95.4. The van der Waals surface area contributed by atoms with E-state index in [1.807, 2.05) is 0 Å². The van der Waals surface area contributed by atoms with Crippen LogP contribution in [0.1, 0.15) is 28.8 Å². The lowest BCUT2D eigenvalue weighted by molar-refractivity contribution is -0.137. The van der Waals surface area contributed by atoms with Gasteiger partial charge in [0.15, 0.2) is 0 Å². The highest BCUT2D eigenvalue weighted by Gasteiger charge is 2.33. The smallest absolute Gasteiger partial charge is 0.339 e. The van der Waals surface area contributed by atoms with Gasteiger partial charge in [-0.05, 0) is 79.8 Å². The molecule has 1 saturated heterocycles. The molecular formula is C25H23ClF3N3O5S3. The lowest BCUT2D eigenvalue weighted by Crippen LogP contribution is -2.28. The number of amides is 1. The van der Waals surface area contributed by atoms with E-state index in [9.17, 15) is 34.8 Å². The van der Waals surface area contributed by atoms with E-state index in [4.69, 9.17) is 11.6 Å². The first-order valence-corrected chi connectivity index (χ1v) is 16.3. The van der Waals surface area contributed by atoms with E-state index < -0.39 is 36.8 Å². The van der Waals surface area contributed by atoms with Crippen molar-refractivity contribution in [1.29, 1.82) is 0 Å². The van der Waals surface area contributed by atoms with Crippen LogP contribution in [0.25, 0.3) is 0 Å². The summed E-state index contributed by atoms with van der Waals surface area (Å²) in [5.41, 5.74) is -1.24. The second-order valence-electron chi connectivity index (χ2n) is 8.79. The largest absolute Gasteiger partial charge is 0.417 e. The minimum absolute atomic E-state index is 0.0335. The molecule has 0 bridgehead atoms. The van der Waals surface area contributed by atoms with Crippen LogP contribution in [-0.2, 0) is 26.2 Å². The quantitative estimate of drug-likeness (QED) is 0.298. The fourth-order valence-corrected chi connectivity index (χ4v) is 6.98. The molecule has 8 nitrogen and oxygen atoms in total. The Kier molecular flexibility index (Phi) is 8.64. The van der Waals surface area contributed by atoms with Crippen LogP contribution < -0.4 is 9.44 Å². The molecule has 3 aromatic rings. The molecule has 1 amide bonds. The number of thioether (sulfide) groups is 1. The summed E-state index contributed by atoms with van der Waals surface area (Å²) >= 11 is 6.90. The van der Waals surface area contributed by atoms with Crippen LogP contribution in [0.4, 0.5) is 24.5 Å². The molecule has 4 rings (SSSR count). The summed E-state index contributed by atoms with van der Waals surface area (Å²) in [4.78, 5) is 14.8. The lowest BCUT2D eigenvalue weighted by atomic mass is 10.2. The summed E-state index contributed by atoms with van der Waals surface area (Å²) in [7, 11) is -8.47. The molecule has 1 aliphatic heterocycles. The van der Waals surface area contributed by atoms with Crippen LogP contribution in [0, 0.1) is 0 Å². The minimum Gasteiger partial charge on any atom is -0.339 e. The minimum atomic E-state index is -4.78. The number of anilines is 2. The van der Waals surface area contributed by atoms with Crippen LogP contribution in [0.3, 0.4) is 0 Å². The molecule has 0 saturated carbocycles. The van der Waals surface area contributed by atoms with Crippen molar-refractivity contribution >= 4 is 60.7 Å². The number of nitrogens with one attached hydrogen (secondary N) is 2. The maximum Gasteiger partial charge on any atom is 0.417 e. The number of hydrogen-bond donors (Lipinski definition) is 2. The zero-order valence-electron chi connectivity index (χ0n) is 20.8. The number of carbonyl (C=O) groups excluding carboxylic acids is 1. The molecule has 1 fully saturated rings. The lowest BCUT2D eigenvalue weighted by Gasteiger charge is -2.18. The zero-order valence-corrected chi connectivity index (χ0v) is 24.0. The fraction of sp³-hybridized carbons (Fsp3) is 0.240. The van der Waals surface area contributed by atoms with Gasteiger partial charge in [0.2, 0.25) is 0 Å². The molecule has 15 heteroatoms. The van der Waals surface area contributed by atoms with Crippen LogP contribution in [0.5, 0.6) is 0 Å². The topological polar surface area (TPSA) is 113 Å². The van der Waals surface area contributed by atoms with E-state index >= 15 is 0 Å². The third kappa shape index (κ3) is 6.67. The molecule has 1 heterocycles. The first-order valence-electron chi connectivity index (χ1n) is 11.7. The number of rotatable bonds is 8. The fourth-order valence-electron chi connectivity index (χ4n) is 4.05. The van der Waals surface area contributed by atoms with Crippen LogP contribution in [0.15, 0.2) is 75.4 Å². The predicted molar refractivity (Wildman–Crippen MR) is 148 cm³/mol. The molecule has 0 unspecified atom stereocenters. The van der Waals surface area contributed by atoms with Gasteiger partial charge in [-0.2, -0.15) is 13.2 Å². The van der Waals surface area contributed by atoms with E-state index in [1.165, 1.54) is 36.0 Å². The molecular weight excluding hydrogens is 611 g/mol. The van der Waals surface area contributed by atoms with Crippen molar-refractivity contribution in [1.82, 2.24) is 4.90 Å². The van der Waals surface area contributed by atoms with Crippen molar-refractivity contribution in [3.8, 4) is 0 Å². The highest BCUT2D eigenvalue weighted by atomic mass is 35.5. The third-order valence-corrected chi connectivity index (χ3v) is 9.95. The maximum atomic E-state index is 13.1. The Labute approximate surface area is 239 Å². The van der Waals surface area contributed by atoms with E-state index in [1.54, 1.807) is 17.2 Å². The first kappa shape index (κ1) is 30.0. The Bertz CT molecular complexity index is 1640. The van der Waals surface area contributed by atoms with E-state index in [-0.39, 0.29) is 32.6 Å². The normalized spacial score (nSPS) is 14.3. The van der Waals surface area contributed by atoms with Gasteiger partial charge in [0.1, 0.15) is 0 Å². The third-order valence-electron chi connectivity index (χ3n) is 6.05. The monoisotopic (exact) mass is 633 g/mol. The van der Waals surface area contributed by atoms with Crippen LogP contribution in [-0.4, -0.2) is 47.0 Å². The Morgan fingerprint density at radius 3 is 2.00 bits per heavy atom. The number of carbonyl (C=O) groups is 1. The van der Waals surface area contributed by atoms with Crippen LogP contribution >= 0.6 is 23.4 Å². The average molecular weight is 634 g/mol. The van der Waals surface area contributed by atoms with Gasteiger partial charge in [-0.25, -0.2) is 16.8 Å². The van der Waals surface area contributed by atoms with Gasteiger partial charge < -0.3 is 4.90 Å². The molecule has 0 radical (unpaired) electrons. The standard InChI is InChI=1S/C25H23ClF3N3O5S3/c1-38-23-11-9-19(15-20(23)24(33)32-12-2-3-13-32)40(36,37)30-16-4-7-18(8-5-16)39(34,35)31-17-6-10-22(26)21(14-17)25(27,28)29/h4-11,14-15,30-31H,2-3,12-13H2,1H3. The van der Waals surface area contributed by atoms with Crippen molar-refractivity contribution in [3.05, 3.63) is 76.8 Å². The van der Waals surface area contributed by atoms with Crippen molar-refractivity contribution < 1.29 is 34.8 Å². The average Bonchev–Trinajstić information content (AvgIpc) is 3.43. The summed E-state index contributed by atoms with van der Waals surface area (Å²) in [6, 6.07) is 11.4. The molecule has 0 aromatic heterocycles. The number of halogens is 4. The Morgan fingerprint density at radius 2 is 1.40 bits per heavy atom. The Balaban J connectivity index is 1.53. The number of hydrogen-bond acceptors (Lipinski definition) is 6. The SMILES string of the molecule is CSc1ccc(S(=O)(=O)Nc2ccc(S(=O)(=O)Nc3ccc(Cl)c(C(F)(F)F)c3)cc2)cc1C(=O)N1CCCC1. The maximum absolute atomic E-state index is 13.1. The zero-order chi connectivity index (χ0) is 29.3. The first-order chi connectivity index (χ1) is 18.7. The molecule has 0 aliphatic carbocycles. The molecule has 0 atom stereocenters. The van der Waals surface area contributed by atoms with Gasteiger partial charge in [-0.3, -0.25) is 14.2 Å². The number of likely N-dealkylation sites (tertiary alicyclic amines) is 1. The second-order valence-corrected chi connectivity index (χ2v) is 13.4. The summed E-state index contributed by atoms with van der Waals surface area (Å²) in [5.74, 6) is -0.246. The highest BCUT2D eigenvalue weighted by Crippen LogP contribution is 2.36. The summed E-state index contributed by atoms with van der Waals surface area (Å²) in [6.07, 6.45) is -1.23. The van der Waals surface area contributed by atoms with Gasteiger partial charge >= 0.3 is 6.18 Å². The number of alkyl halides is 3. The van der Waals surface area contributed by atoms with Crippen molar-refractivity contribution in [2.45, 2.75) is 33.7 Å². The van der Waals surface area contributed by atoms with Crippen molar-refractivity contribution in [2.75, 3.05) is 28.8 Å². The van der Waals surface area contributed by atoms with Gasteiger partial charge in [-0.15, -0.1) is 11.8 Å². The number of benzene rings is 3. The Morgan fingerprint density at radius 1 is 0.850 bits per heavy atom. The van der Waals surface area contributed by atoms with Crippen molar-refractivity contribution in [3.63, 3.8) is 0 Å². The summed E-state index contributed by atoms with van der Waals surface area (Å²) in [5, 5.41) is -0.581. The molecule has 214 valence electrons.